The smallest absolute Gasteiger partial charge is 0.314 e. The Morgan fingerprint density at radius 2 is 2.10 bits per heavy atom. The molecule has 21 heavy (non-hydrogen) atoms. The molecule has 0 aromatic rings. The third kappa shape index (κ3) is 3.25. The third-order valence-corrected chi connectivity index (χ3v) is 5.45. The van der Waals surface area contributed by atoms with Crippen LogP contribution < -0.4 is 0 Å². The normalized spacial score (nSPS) is 38.6. The highest BCUT2D eigenvalue weighted by atomic mass is 16.6. The minimum absolute atomic E-state index is 0.275. The summed E-state index contributed by atoms with van der Waals surface area (Å²) in [5.74, 6) is -0.190. The first kappa shape index (κ1) is 16.7. The van der Waals surface area contributed by atoms with E-state index in [1.165, 1.54) is 0 Å². The molecule has 2 aliphatic rings. The van der Waals surface area contributed by atoms with Gasteiger partial charge < -0.3 is 20.1 Å². The summed E-state index contributed by atoms with van der Waals surface area (Å²) in [7, 11) is 0. The third-order valence-electron chi connectivity index (χ3n) is 5.45. The van der Waals surface area contributed by atoms with Crippen molar-refractivity contribution in [2.45, 2.75) is 70.0 Å². The van der Waals surface area contributed by atoms with Crippen LogP contribution >= 0.6 is 0 Å². The van der Waals surface area contributed by atoms with Crippen LogP contribution in [0.1, 0.15) is 58.8 Å². The van der Waals surface area contributed by atoms with Crippen molar-refractivity contribution in [3.05, 3.63) is 0 Å². The van der Waals surface area contributed by atoms with Gasteiger partial charge in [-0.05, 0) is 38.5 Å². The largest absolute Gasteiger partial charge is 0.456 e. The molecule has 5 heteroatoms. The number of rotatable bonds is 5. The molecule has 2 rings (SSSR count). The number of esters is 1. The average Bonchev–Trinajstić information content (AvgIpc) is 2.45. The first-order chi connectivity index (χ1) is 9.80. The molecule has 0 amide bonds. The molecule has 2 saturated carbocycles. The van der Waals surface area contributed by atoms with Crippen molar-refractivity contribution in [3.63, 3.8) is 0 Å². The second-order valence-corrected chi connectivity index (χ2v) is 7.37. The van der Waals surface area contributed by atoms with Gasteiger partial charge in [0, 0.05) is 6.42 Å². The fraction of sp³-hybridized carbons (Fsp3) is 0.938. The number of carbonyl (C=O) groups excluding carboxylic acids is 1. The van der Waals surface area contributed by atoms with Gasteiger partial charge in [0.25, 0.3) is 0 Å². The molecule has 0 heterocycles. The lowest BCUT2D eigenvalue weighted by Gasteiger charge is -2.50. The predicted octanol–water partition coefficient (Wildman–Crippen LogP) is 1.38. The highest BCUT2D eigenvalue weighted by molar-refractivity contribution is 5.77. The number of aliphatic hydroxyl groups excluding tert-OH is 2. The van der Waals surface area contributed by atoms with E-state index >= 15 is 0 Å². The molecule has 122 valence electrons. The summed E-state index contributed by atoms with van der Waals surface area (Å²) in [6, 6.07) is 0. The molecular formula is C16H28O5. The van der Waals surface area contributed by atoms with Gasteiger partial charge in [0.05, 0.1) is 24.2 Å². The minimum atomic E-state index is -0.999. The van der Waals surface area contributed by atoms with Gasteiger partial charge in [0.1, 0.15) is 5.60 Å². The summed E-state index contributed by atoms with van der Waals surface area (Å²) >= 11 is 0. The summed E-state index contributed by atoms with van der Waals surface area (Å²) in [6.45, 7) is 2.94. The Balaban J connectivity index is 2.17. The Hall–Kier alpha value is -0.650. The highest BCUT2D eigenvalue weighted by Gasteiger charge is 2.52. The average molecular weight is 300 g/mol. The van der Waals surface area contributed by atoms with E-state index in [4.69, 9.17) is 4.74 Å². The standard InChI is InChI=1S/C16H28O5/c1-3-14(2,10-17)13(19)21-16(11-18)8-12-5-4-6-15(20,7-12)9-16/h12,17-18,20H,3-11H2,1-2H3. The van der Waals surface area contributed by atoms with Crippen molar-refractivity contribution in [2.75, 3.05) is 13.2 Å². The van der Waals surface area contributed by atoms with Gasteiger partial charge in [-0.2, -0.15) is 0 Å². The zero-order valence-corrected chi connectivity index (χ0v) is 13.1. The zero-order chi connectivity index (χ0) is 15.7. The Labute approximate surface area is 126 Å². The SMILES string of the molecule is CCC(C)(CO)C(=O)OC1(CO)CC2CCCC(O)(C2)C1. The summed E-state index contributed by atoms with van der Waals surface area (Å²) in [5, 5.41) is 29.9. The molecule has 2 bridgehead atoms. The van der Waals surface area contributed by atoms with Crippen molar-refractivity contribution in [1.82, 2.24) is 0 Å². The van der Waals surface area contributed by atoms with E-state index in [1.54, 1.807) is 6.92 Å². The Kier molecular flexibility index (Phi) is 4.66. The van der Waals surface area contributed by atoms with Gasteiger partial charge in [-0.25, -0.2) is 0 Å². The maximum atomic E-state index is 12.4. The van der Waals surface area contributed by atoms with E-state index in [1.807, 2.05) is 6.92 Å². The van der Waals surface area contributed by atoms with Crippen LogP contribution in [0.2, 0.25) is 0 Å². The Morgan fingerprint density at radius 3 is 2.62 bits per heavy atom. The van der Waals surface area contributed by atoms with E-state index < -0.39 is 22.6 Å². The number of carbonyl (C=O) groups is 1. The zero-order valence-electron chi connectivity index (χ0n) is 13.1. The van der Waals surface area contributed by atoms with Crippen molar-refractivity contribution in [2.24, 2.45) is 11.3 Å². The molecule has 4 unspecified atom stereocenters. The minimum Gasteiger partial charge on any atom is -0.456 e. The summed E-state index contributed by atoms with van der Waals surface area (Å²) in [5.41, 5.74) is -2.77. The van der Waals surface area contributed by atoms with Gasteiger partial charge in [0.15, 0.2) is 0 Å². The maximum Gasteiger partial charge on any atom is 0.314 e. The molecule has 3 N–H and O–H groups in total. The molecule has 2 aliphatic carbocycles. The predicted molar refractivity (Wildman–Crippen MR) is 77.5 cm³/mol. The van der Waals surface area contributed by atoms with E-state index in [9.17, 15) is 20.1 Å². The van der Waals surface area contributed by atoms with Crippen LogP contribution in [0.25, 0.3) is 0 Å². The topological polar surface area (TPSA) is 87.0 Å². The van der Waals surface area contributed by atoms with Crippen LogP contribution in [0.4, 0.5) is 0 Å². The van der Waals surface area contributed by atoms with Gasteiger partial charge >= 0.3 is 5.97 Å². The van der Waals surface area contributed by atoms with Crippen LogP contribution in [-0.2, 0) is 9.53 Å². The quantitative estimate of drug-likeness (QED) is 0.668. The number of aliphatic hydroxyl groups is 3. The van der Waals surface area contributed by atoms with Crippen LogP contribution in [0.15, 0.2) is 0 Å². The second-order valence-electron chi connectivity index (χ2n) is 7.37. The van der Waals surface area contributed by atoms with Crippen LogP contribution in [0.5, 0.6) is 0 Å². The molecule has 0 aromatic carbocycles. The fourth-order valence-corrected chi connectivity index (χ4v) is 3.87. The summed E-state index contributed by atoms with van der Waals surface area (Å²) in [6.07, 6.45) is 4.79. The Morgan fingerprint density at radius 1 is 1.38 bits per heavy atom. The molecule has 0 radical (unpaired) electrons. The van der Waals surface area contributed by atoms with Crippen molar-refractivity contribution in [1.29, 1.82) is 0 Å². The molecule has 5 nitrogen and oxygen atoms in total. The first-order valence-electron chi connectivity index (χ1n) is 7.98. The van der Waals surface area contributed by atoms with Crippen molar-refractivity contribution < 1.29 is 24.9 Å². The molecular weight excluding hydrogens is 272 g/mol. The lowest BCUT2D eigenvalue weighted by atomic mass is 9.63. The Bertz CT molecular complexity index is 392. The molecule has 0 aromatic heterocycles. The lowest BCUT2D eigenvalue weighted by Crippen LogP contribution is -2.56. The van der Waals surface area contributed by atoms with E-state index in [2.05, 4.69) is 0 Å². The van der Waals surface area contributed by atoms with Gasteiger partial charge in [0.2, 0.25) is 0 Å². The number of hydrogen-bond donors (Lipinski definition) is 3. The number of fused-ring (bicyclic) bond motifs is 2. The number of hydrogen-bond acceptors (Lipinski definition) is 5. The van der Waals surface area contributed by atoms with Gasteiger partial charge in [-0.15, -0.1) is 0 Å². The molecule has 0 spiro atoms. The molecule has 2 fully saturated rings. The molecule has 0 aliphatic heterocycles. The van der Waals surface area contributed by atoms with E-state index in [-0.39, 0.29) is 13.2 Å². The highest BCUT2D eigenvalue weighted by Crippen LogP contribution is 2.48. The summed E-state index contributed by atoms with van der Waals surface area (Å²) < 4.78 is 5.67. The van der Waals surface area contributed by atoms with Gasteiger partial charge in [-0.1, -0.05) is 19.8 Å². The number of ether oxygens (including phenoxy) is 1. The van der Waals surface area contributed by atoms with E-state index in [0.29, 0.717) is 31.6 Å². The van der Waals surface area contributed by atoms with Crippen LogP contribution in [0, 0.1) is 11.3 Å². The lowest BCUT2D eigenvalue weighted by molar-refractivity contribution is -0.204. The monoisotopic (exact) mass is 300 g/mol. The fourth-order valence-electron chi connectivity index (χ4n) is 3.87. The molecule has 4 atom stereocenters. The summed E-state index contributed by atoms with van der Waals surface area (Å²) in [4.78, 5) is 12.4. The van der Waals surface area contributed by atoms with Gasteiger partial charge in [-0.3, -0.25) is 4.79 Å². The first-order valence-corrected chi connectivity index (χ1v) is 7.98. The maximum absolute atomic E-state index is 12.4. The van der Waals surface area contributed by atoms with Crippen molar-refractivity contribution >= 4 is 5.97 Å². The second kappa shape index (κ2) is 5.86. The molecule has 0 saturated heterocycles. The van der Waals surface area contributed by atoms with Crippen LogP contribution in [-0.4, -0.2) is 45.7 Å². The van der Waals surface area contributed by atoms with Crippen molar-refractivity contribution in [3.8, 4) is 0 Å². The van der Waals surface area contributed by atoms with Crippen LogP contribution in [0.3, 0.4) is 0 Å². The van der Waals surface area contributed by atoms with E-state index in [0.717, 1.165) is 19.3 Å².